The number of carbonyl (C=O) groups is 2. The highest BCUT2D eigenvalue weighted by atomic mass is 16.2. The number of carbonyl (C=O) groups excluding carboxylic acids is 2. The first-order valence-corrected chi connectivity index (χ1v) is 6.32. The normalized spacial score (nSPS) is 29.9. The Morgan fingerprint density at radius 1 is 1.18 bits per heavy atom. The van der Waals surface area contributed by atoms with Crippen LogP contribution in [0.4, 0.5) is 0 Å². The largest absolute Gasteiger partial charge is 0.344 e. The van der Waals surface area contributed by atoms with Gasteiger partial charge in [0.15, 0.2) is 0 Å². The Bertz CT molecular complexity index is 330. The minimum absolute atomic E-state index is 0.0866. The van der Waals surface area contributed by atoms with E-state index in [-0.39, 0.29) is 23.9 Å². The lowest BCUT2D eigenvalue weighted by Gasteiger charge is -2.23. The summed E-state index contributed by atoms with van der Waals surface area (Å²) in [5.41, 5.74) is 0. The van der Waals surface area contributed by atoms with Crippen LogP contribution in [0.3, 0.4) is 0 Å². The Morgan fingerprint density at radius 3 is 2.41 bits per heavy atom. The lowest BCUT2D eigenvalue weighted by molar-refractivity contribution is -0.139. The molecule has 1 N–H and O–H groups in total. The van der Waals surface area contributed by atoms with Crippen molar-refractivity contribution in [2.45, 2.75) is 44.8 Å². The maximum Gasteiger partial charge on any atom is 0.245 e. The standard InChI is InChI=1S/C12H21N3O2/c1-8(2)13-9-4-7-15(11(9)16)10-5-6-14(3)12(10)17/h8-10,13H,4-7H2,1-3H3. The molecule has 5 heteroatoms. The fourth-order valence-electron chi connectivity index (χ4n) is 2.66. The van der Waals surface area contributed by atoms with Crippen LogP contribution in [0.1, 0.15) is 26.7 Å². The third-order valence-corrected chi connectivity index (χ3v) is 3.55. The van der Waals surface area contributed by atoms with Crippen molar-refractivity contribution in [3.8, 4) is 0 Å². The van der Waals surface area contributed by atoms with Gasteiger partial charge in [0.25, 0.3) is 0 Å². The zero-order chi connectivity index (χ0) is 12.6. The van der Waals surface area contributed by atoms with E-state index >= 15 is 0 Å². The Morgan fingerprint density at radius 2 is 1.88 bits per heavy atom. The molecule has 96 valence electrons. The number of nitrogens with one attached hydrogen (secondary N) is 1. The lowest BCUT2D eigenvalue weighted by atomic mass is 10.2. The van der Waals surface area contributed by atoms with Gasteiger partial charge in [-0.1, -0.05) is 13.8 Å². The SMILES string of the molecule is CC(C)NC1CCN(C2CCN(C)C2=O)C1=O. The number of likely N-dealkylation sites (N-methyl/N-ethyl adjacent to an activating group) is 1. The molecule has 2 saturated heterocycles. The van der Waals surface area contributed by atoms with Gasteiger partial charge in [-0.25, -0.2) is 0 Å². The summed E-state index contributed by atoms with van der Waals surface area (Å²) in [6.07, 6.45) is 1.58. The molecule has 0 saturated carbocycles. The number of hydrogen-bond acceptors (Lipinski definition) is 3. The molecule has 0 aromatic carbocycles. The molecular formula is C12H21N3O2. The topological polar surface area (TPSA) is 52.6 Å². The molecule has 2 unspecified atom stereocenters. The van der Waals surface area contributed by atoms with E-state index in [9.17, 15) is 9.59 Å². The molecule has 0 bridgehead atoms. The van der Waals surface area contributed by atoms with Gasteiger partial charge in [-0.15, -0.1) is 0 Å². The molecule has 17 heavy (non-hydrogen) atoms. The minimum Gasteiger partial charge on any atom is -0.344 e. The van der Waals surface area contributed by atoms with Gasteiger partial charge in [-0.05, 0) is 12.8 Å². The highest BCUT2D eigenvalue weighted by Gasteiger charge is 2.42. The van der Waals surface area contributed by atoms with Crippen molar-refractivity contribution in [1.29, 1.82) is 0 Å². The summed E-state index contributed by atoms with van der Waals surface area (Å²) in [5, 5.41) is 3.25. The van der Waals surface area contributed by atoms with Crippen molar-refractivity contribution in [2.24, 2.45) is 0 Å². The van der Waals surface area contributed by atoms with E-state index in [2.05, 4.69) is 5.32 Å². The Labute approximate surface area is 102 Å². The number of hydrogen-bond donors (Lipinski definition) is 1. The van der Waals surface area contributed by atoms with Gasteiger partial charge in [0.05, 0.1) is 6.04 Å². The van der Waals surface area contributed by atoms with Crippen molar-refractivity contribution in [3.05, 3.63) is 0 Å². The molecule has 0 aliphatic carbocycles. The predicted octanol–water partition coefficient (Wildman–Crippen LogP) is -0.184. The van der Waals surface area contributed by atoms with Gasteiger partial charge in [-0.3, -0.25) is 9.59 Å². The van der Waals surface area contributed by atoms with Gasteiger partial charge in [-0.2, -0.15) is 0 Å². The van der Waals surface area contributed by atoms with Crippen molar-refractivity contribution >= 4 is 11.8 Å². The quantitative estimate of drug-likeness (QED) is 0.743. The van der Waals surface area contributed by atoms with Crippen molar-refractivity contribution < 1.29 is 9.59 Å². The monoisotopic (exact) mass is 239 g/mol. The highest BCUT2D eigenvalue weighted by molar-refractivity contribution is 5.92. The molecule has 5 nitrogen and oxygen atoms in total. The van der Waals surface area contributed by atoms with Crippen LogP contribution >= 0.6 is 0 Å². The summed E-state index contributed by atoms with van der Waals surface area (Å²) < 4.78 is 0. The van der Waals surface area contributed by atoms with Crippen LogP contribution in [0, 0.1) is 0 Å². The van der Waals surface area contributed by atoms with Crippen molar-refractivity contribution in [3.63, 3.8) is 0 Å². The van der Waals surface area contributed by atoms with Gasteiger partial charge < -0.3 is 15.1 Å². The van der Waals surface area contributed by atoms with E-state index in [0.29, 0.717) is 12.6 Å². The van der Waals surface area contributed by atoms with E-state index in [4.69, 9.17) is 0 Å². The number of nitrogens with zero attached hydrogens (tertiary/aromatic N) is 2. The molecule has 2 fully saturated rings. The summed E-state index contributed by atoms with van der Waals surface area (Å²) in [5.74, 6) is 0.177. The Balaban J connectivity index is 2.00. The maximum atomic E-state index is 12.2. The molecule has 2 atom stereocenters. The van der Waals surface area contributed by atoms with Gasteiger partial charge in [0.2, 0.25) is 11.8 Å². The summed E-state index contributed by atoms with van der Waals surface area (Å²) in [6.45, 7) is 5.53. The molecule has 2 amide bonds. The summed E-state index contributed by atoms with van der Waals surface area (Å²) in [7, 11) is 1.80. The average Bonchev–Trinajstić information content (AvgIpc) is 2.75. The van der Waals surface area contributed by atoms with E-state index in [1.807, 2.05) is 13.8 Å². The third kappa shape index (κ3) is 2.29. The lowest BCUT2D eigenvalue weighted by Crippen LogP contribution is -2.47. The fourth-order valence-corrected chi connectivity index (χ4v) is 2.66. The molecule has 0 radical (unpaired) electrons. The van der Waals surface area contributed by atoms with Crippen molar-refractivity contribution in [1.82, 2.24) is 15.1 Å². The summed E-state index contributed by atoms with van der Waals surface area (Å²) in [6, 6.07) is -0.0222. The van der Waals surface area contributed by atoms with Gasteiger partial charge in [0.1, 0.15) is 6.04 Å². The van der Waals surface area contributed by atoms with Crippen LogP contribution in [0.25, 0.3) is 0 Å². The maximum absolute atomic E-state index is 12.2. The second-order valence-electron chi connectivity index (χ2n) is 5.26. The van der Waals surface area contributed by atoms with Gasteiger partial charge in [0, 0.05) is 26.2 Å². The molecule has 0 spiro atoms. The first-order valence-electron chi connectivity index (χ1n) is 6.32. The summed E-state index contributed by atoms with van der Waals surface area (Å²) in [4.78, 5) is 27.5. The molecule has 0 aromatic heterocycles. The molecule has 2 heterocycles. The van der Waals surface area contributed by atoms with Crippen LogP contribution in [-0.4, -0.2) is 59.9 Å². The Hall–Kier alpha value is -1.10. The zero-order valence-corrected chi connectivity index (χ0v) is 10.8. The third-order valence-electron chi connectivity index (χ3n) is 3.55. The number of amides is 2. The molecule has 2 rings (SSSR count). The van der Waals surface area contributed by atoms with Gasteiger partial charge >= 0.3 is 0 Å². The van der Waals surface area contributed by atoms with E-state index < -0.39 is 0 Å². The van der Waals surface area contributed by atoms with Crippen LogP contribution in [0.2, 0.25) is 0 Å². The summed E-state index contributed by atoms with van der Waals surface area (Å²) >= 11 is 0. The first-order chi connectivity index (χ1) is 8.00. The highest BCUT2D eigenvalue weighted by Crippen LogP contribution is 2.22. The molecule has 2 aliphatic heterocycles. The predicted molar refractivity (Wildman–Crippen MR) is 64.4 cm³/mol. The zero-order valence-electron chi connectivity index (χ0n) is 10.8. The number of likely N-dealkylation sites (tertiary alicyclic amines) is 2. The van der Waals surface area contributed by atoms with Crippen LogP contribution in [0.5, 0.6) is 0 Å². The second kappa shape index (κ2) is 4.64. The average molecular weight is 239 g/mol. The van der Waals surface area contributed by atoms with Crippen molar-refractivity contribution in [2.75, 3.05) is 20.1 Å². The molecular weight excluding hydrogens is 218 g/mol. The molecule has 2 aliphatic rings. The first kappa shape index (κ1) is 12.4. The molecule has 0 aromatic rings. The van der Waals surface area contributed by atoms with E-state index in [1.54, 1.807) is 16.8 Å². The smallest absolute Gasteiger partial charge is 0.245 e. The van der Waals surface area contributed by atoms with E-state index in [1.165, 1.54) is 0 Å². The van der Waals surface area contributed by atoms with Crippen LogP contribution < -0.4 is 5.32 Å². The number of rotatable bonds is 3. The van der Waals surface area contributed by atoms with Crippen LogP contribution in [0.15, 0.2) is 0 Å². The second-order valence-corrected chi connectivity index (χ2v) is 5.26. The Kier molecular flexibility index (Phi) is 3.38. The fraction of sp³-hybridized carbons (Fsp3) is 0.833. The van der Waals surface area contributed by atoms with Crippen LogP contribution in [-0.2, 0) is 9.59 Å². The minimum atomic E-state index is -0.216. The van der Waals surface area contributed by atoms with E-state index in [0.717, 1.165) is 19.4 Å².